The monoisotopic (exact) mass is 254 g/mol. The van der Waals surface area contributed by atoms with Gasteiger partial charge in [-0.05, 0) is 25.0 Å². The van der Waals surface area contributed by atoms with E-state index < -0.39 is 0 Å². The van der Waals surface area contributed by atoms with Gasteiger partial charge in [0, 0.05) is 18.0 Å². The number of fused-ring (bicyclic) bond motifs is 1. The molecule has 1 aliphatic rings. The molecule has 1 aromatic carbocycles. The summed E-state index contributed by atoms with van der Waals surface area (Å²) in [4.78, 5) is 4.72. The number of benzene rings is 1. The third kappa shape index (κ3) is 3.32. The summed E-state index contributed by atoms with van der Waals surface area (Å²) < 4.78 is 0. The summed E-state index contributed by atoms with van der Waals surface area (Å²) in [6.07, 6.45) is 8.23. The van der Waals surface area contributed by atoms with Crippen LogP contribution in [0.25, 0.3) is 10.9 Å². The fraction of sp³-hybridized carbons (Fsp3) is 0.471. The highest BCUT2D eigenvalue weighted by Gasteiger charge is 2.11. The lowest BCUT2D eigenvalue weighted by molar-refractivity contribution is 0.456. The molecule has 19 heavy (non-hydrogen) atoms. The summed E-state index contributed by atoms with van der Waals surface area (Å²) >= 11 is 0. The van der Waals surface area contributed by atoms with E-state index in [4.69, 9.17) is 4.98 Å². The van der Waals surface area contributed by atoms with Crippen molar-refractivity contribution in [2.75, 3.05) is 0 Å². The predicted molar refractivity (Wildman–Crippen MR) is 80.1 cm³/mol. The Hall–Kier alpha value is -1.41. The van der Waals surface area contributed by atoms with Gasteiger partial charge < -0.3 is 5.32 Å². The Balaban J connectivity index is 1.64. The van der Waals surface area contributed by atoms with Crippen LogP contribution >= 0.6 is 0 Å². The van der Waals surface area contributed by atoms with Crippen LogP contribution in [0.5, 0.6) is 0 Å². The van der Waals surface area contributed by atoms with Crippen molar-refractivity contribution in [1.29, 1.82) is 0 Å². The van der Waals surface area contributed by atoms with Crippen LogP contribution in [-0.2, 0) is 6.54 Å². The van der Waals surface area contributed by atoms with Crippen LogP contribution in [0.2, 0.25) is 0 Å². The van der Waals surface area contributed by atoms with Crippen molar-refractivity contribution < 1.29 is 0 Å². The molecule has 2 aromatic rings. The van der Waals surface area contributed by atoms with Crippen molar-refractivity contribution in [2.45, 2.75) is 51.1 Å². The van der Waals surface area contributed by atoms with Crippen LogP contribution in [0, 0.1) is 0 Å². The molecule has 0 saturated heterocycles. The number of hydrogen-bond donors (Lipinski definition) is 1. The number of nitrogens with one attached hydrogen (secondary N) is 1. The predicted octanol–water partition coefficient (Wildman–Crippen LogP) is 4.05. The topological polar surface area (TPSA) is 24.9 Å². The Bertz CT molecular complexity index is 528. The molecule has 0 bridgehead atoms. The zero-order valence-electron chi connectivity index (χ0n) is 11.4. The number of aromatic nitrogens is 1. The minimum atomic E-state index is 0.691. The molecule has 1 heterocycles. The maximum absolute atomic E-state index is 4.72. The Morgan fingerprint density at radius 2 is 1.74 bits per heavy atom. The molecule has 0 amide bonds. The Labute approximate surface area is 115 Å². The smallest absolute Gasteiger partial charge is 0.0705 e. The third-order valence-electron chi connectivity index (χ3n) is 4.08. The molecule has 2 nitrogen and oxygen atoms in total. The molecule has 0 unspecified atom stereocenters. The standard InChI is InChI=1S/C17H22N2/c1-2-4-9-15(8-3-1)18-13-16-12-11-14-7-5-6-10-17(14)19-16/h5-7,10-12,15,18H,1-4,8-9,13H2. The quantitative estimate of drug-likeness (QED) is 0.836. The summed E-state index contributed by atoms with van der Waals surface area (Å²) in [7, 11) is 0. The first-order chi connectivity index (χ1) is 9.42. The fourth-order valence-electron chi connectivity index (χ4n) is 2.94. The van der Waals surface area contributed by atoms with E-state index in [-0.39, 0.29) is 0 Å². The van der Waals surface area contributed by atoms with Gasteiger partial charge in [0.05, 0.1) is 11.2 Å². The maximum Gasteiger partial charge on any atom is 0.0705 e. The van der Waals surface area contributed by atoms with E-state index in [0.717, 1.165) is 17.8 Å². The second-order valence-corrected chi connectivity index (χ2v) is 5.56. The highest BCUT2D eigenvalue weighted by molar-refractivity contribution is 5.78. The van der Waals surface area contributed by atoms with Crippen molar-refractivity contribution in [3.8, 4) is 0 Å². The highest BCUT2D eigenvalue weighted by atomic mass is 14.9. The molecule has 1 aliphatic carbocycles. The van der Waals surface area contributed by atoms with Gasteiger partial charge >= 0.3 is 0 Å². The average Bonchev–Trinajstić information content (AvgIpc) is 2.73. The number of nitrogens with zero attached hydrogens (tertiary/aromatic N) is 1. The van der Waals surface area contributed by atoms with Gasteiger partial charge in [0.1, 0.15) is 0 Å². The second-order valence-electron chi connectivity index (χ2n) is 5.56. The van der Waals surface area contributed by atoms with E-state index in [1.54, 1.807) is 0 Å². The van der Waals surface area contributed by atoms with E-state index in [2.05, 4.69) is 41.7 Å². The first-order valence-corrected chi connectivity index (χ1v) is 7.50. The molecule has 1 aromatic heterocycles. The van der Waals surface area contributed by atoms with Crippen LogP contribution in [-0.4, -0.2) is 11.0 Å². The summed E-state index contributed by atoms with van der Waals surface area (Å²) in [5, 5.41) is 4.90. The number of para-hydroxylation sites is 1. The van der Waals surface area contributed by atoms with E-state index in [1.807, 2.05) is 0 Å². The van der Waals surface area contributed by atoms with E-state index in [9.17, 15) is 0 Å². The largest absolute Gasteiger partial charge is 0.308 e. The molecule has 0 aliphatic heterocycles. The molecule has 0 spiro atoms. The number of rotatable bonds is 3. The minimum Gasteiger partial charge on any atom is -0.308 e. The van der Waals surface area contributed by atoms with Gasteiger partial charge in [-0.15, -0.1) is 0 Å². The SMILES string of the molecule is c1ccc2nc(CNC3CCCCCC3)ccc2c1. The fourth-order valence-corrected chi connectivity index (χ4v) is 2.94. The summed E-state index contributed by atoms with van der Waals surface area (Å²) in [5.41, 5.74) is 2.26. The van der Waals surface area contributed by atoms with E-state index in [0.29, 0.717) is 6.04 Å². The lowest BCUT2D eigenvalue weighted by atomic mass is 10.1. The lowest BCUT2D eigenvalue weighted by Crippen LogP contribution is -2.28. The Morgan fingerprint density at radius 1 is 0.947 bits per heavy atom. The van der Waals surface area contributed by atoms with Gasteiger partial charge in [-0.2, -0.15) is 0 Å². The molecular weight excluding hydrogens is 232 g/mol. The molecule has 0 atom stereocenters. The Morgan fingerprint density at radius 3 is 2.58 bits per heavy atom. The molecule has 1 N–H and O–H groups in total. The summed E-state index contributed by atoms with van der Waals surface area (Å²) in [5.74, 6) is 0. The van der Waals surface area contributed by atoms with Crippen LogP contribution < -0.4 is 5.32 Å². The van der Waals surface area contributed by atoms with Gasteiger partial charge in [0.25, 0.3) is 0 Å². The van der Waals surface area contributed by atoms with Gasteiger partial charge in [-0.25, -0.2) is 0 Å². The van der Waals surface area contributed by atoms with Gasteiger partial charge in [0.2, 0.25) is 0 Å². The molecule has 0 radical (unpaired) electrons. The molecule has 1 saturated carbocycles. The first-order valence-electron chi connectivity index (χ1n) is 7.50. The van der Waals surface area contributed by atoms with Crippen LogP contribution in [0.4, 0.5) is 0 Å². The minimum absolute atomic E-state index is 0.691. The van der Waals surface area contributed by atoms with E-state index in [1.165, 1.54) is 43.9 Å². The zero-order chi connectivity index (χ0) is 12.9. The van der Waals surface area contributed by atoms with Gasteiger partial charge in [0.15, 0.2) is 0 Å². The van der Waals surface area contributed by atoms with Crippen molar-refractivity contribution >= 4 is 10.9 Å². The molecule has 100 valence electrons. The third-order valence-corrected chi connectivity index (χ3v) is 4.08. The highest BCUT2D eigenvalue weighted by Crippen LogP contribution is 2.18. The van der Waals surface area contributed by atoms with Crippen LogP contribution in [0.15, 0.2) is 36.4 Å². The number of pyridine rings is 1. The van der Waals surface area contributed by atoms with E-state index >= 15 is 0 Å². The molecule has 3 rings (SSSR count). The lowest BCUT2D eigenvalue weighted by Gasteiger charge is -2.15. The first kappa shape index (κ1) is 12.6. The molecule has 2 heteroatoms. The van der Waals surface area contributed by atoms with Crippen LogP contribution in [0.1, 0.15) is 44.2 Å². The second kappa shape index (κ2) is 6.16. The van der Waals surface area contributed by atoms with Crippen molar-refractivity contribution in [3.05, 3.63) is 42.1 Å². The summed E-state index contributed by atoms with van der Waals surface area (Å²) in [6.45, 7) is 0.898. The molecule has 1 fully saturated rings. The number of hydrogen-bond acceptors (Lipinski definition) is 2. The average molecular weight is 254 g/mol. The Kier molecular flexibility index (Phi) is 4.09. The van der Waals surface area contributed by atoms with Gasteiger partial charge in [-0.1, -0.05) is 49.9 Å². The van der Waals surface area contributed by atoms with Crippen molar-refractivity contribution in [2.24, 2.45) is 0 Å². The normalized spacial score (nSPS) is 17.5. The van der Waals surface area contributed by atoms with Crippen molar-refractivity contribution in [3.63, 3.8) is 0 Å². The molecular formula is C17H22N2. The maximum atomic E-state index is 4.72. The zero-order valence-corrected chi connectivity index (χ0v) is 11.4. The van der Waals surface area contributed by atoms with Gasteiger partial charge in [-0.3, -0.25) is 4.98 Å². The van der Waals surface area contributed by atoms with Crippen molar-refractivity contribution in [1.82, 2.24) is 10.3 Å². The summed E-state index contributed by atoms with van der Waals surface area (Å²) in [6, 6.07) is 13.3. The van der Waals surface area contributed by atoms with Crippen LogP contribution in [0.3, 0.4) is 0 Å².